The number of carbonyl (C=O) groups is 2. The third-order valence-corrected chi connectivity index (χ3v) is 5.39. The molecule has 0 fully saturated rings. The molecule has 0 radical (unpaired) electrons. The standard InChI is InChI=1S/C25H34N2O3/c1-19(16-20-8-4-3-5-9-20)24(29)17-22(10-6-7-15-26-2)25(30)27-23-13-11-21(18-28)12-14-23/h3-5,8-9,11-14,19,22,26,28H,6-7,10,15-18H2,1-2H3,(H,27,30)/t19-,22+/m0/s1. The summed E-state index contributed by atoms with van der Waals surface area (Å²) in [6.45, 7) is 2.81. The Morgan fingerprint density at radius 3 is 2.30 bits per heavy atom. The first-order valence-electron chi connectivity index (χ1n) is 10.8. The fourth-order valence-corrected chi connectivity index (χ4v) is 3.48. The number of hydrogen-bond donors (Lipinski definition) is 3. The minimum atomic E-state index is -0.343. The lowest BCUT2D eigenvalue weighted by molar-refractivity contribution is -0.128. The largest absolute Gasteiger partial charge is 0.392 e. The molecule has 0 aliphatic carbocycles. The lowest BCUT2D eigenvalue weighted by Gasteiger charge is -2.19. The number of nitrogens with one attached hydrogen (secondary N) is 2. The van der Waals surface area contributed by atoms with E-state index in [2.05, 4.69) is 10.6 Å². The molecule has 0 saturated heterocycles. The molecule has 0 aliphatic rings. The van der Waals surface area contributed by atoms with Crippen molar-refractivity contribution in [3.05, 3.63) is 65.7 Å². The summed E-state index contributed by atoms with van der Waals surface area (Å²) in [7, 11) is 1.91. The van der Waals surface area contributed by atoms with Gasteiger partial charge < -0.3 is 15.7 Å². The van der Waals surface area contributed by atoms with Crippen molar-refractivity contribution in [1.29, 1.82) is 0 Å². The van der Waals surface area contributed by atoms with Gasteiger partial charge in [-0.2, -0.15) is 0 Å². The number of anilines is 1. The first-order valence-corrected chi connectivity index (χ1v) is 10.8. The third-order valence-electron chi connectivity index (χ3n) is 5.39. The summed E-state index contributed by atoms with van der Waals surface area (Å²) in [5, 5.41) is 15.2. The Bertz CT molecular complexity index is 775. The third kappa shape index (κ3) is 8.09. The minimum absolute atomic E-state index is 0.0316. The average Bonchev–Trinajstić information content (AvgIpc) is 2.76. The van der Waals surface area contributed by atoms with Crippen molar-refractivity contribution in [2.75, 3.05) is 18.9 Å². The van der Waals surface area contributed by atoms with Crippen molar-refractivity contribution in [2.45, 2.75) is 45.6 Å². The zero-order valence-corrected chi connectivity index (χ0v) is 18.1. The van der Waals surface area contributed by atoms with Crippen molar-refractivity contribution < 1.29 is 14.7 Å². The molecule has 2 aromatic rings. The van der Waals surface area contributed by atoms with E-state index in [1.807, 2.05) is 44.3 Å². The summed E-state index contributed by atoms with van der Waals surface area (Å²) < 4.78 is 0. The summed E-state index contributed by atoms with van der Waals surface area (Å²) in [4.78, 5) is 25.8. The van der Waals surface area contributed by atoms with Gasteiger partial charge in [0.15, 0.2) is 0 Å². The van der Waals surface area contributed by atoms with Crippen LogP contribution in [0.2, 0.25) is 0 Å². The van der Waals surface area contributed by atoms with Gasteiger partial charge in [-0.05, 0) is 56.1 Å². The molecule has 5 nitrogen and oxygen atoms in total. The molecule has 0 spiro atoms. The van der Waals surface area contributed by atoms with Crippen LogP contribution in [-0.2, 0) is 22.6 Å². The van der Waals surface area contributed by atoms with Crippen LogP contribution in [0.15, 0.2) is 54.6 Å². The second-order valence-corrected chi connectivity index (χ2v) is 7.90. The molecule has 0 bridgehead atoms. The van der Waals surface area contributed by atoms with Gasteiger partial charge in [-0.25, -0.2) is 0 Å². The second-order valence-electron chi connectivity index (χ2n) is 7.90. The number of aliphatic hydroxyl groups is 1. The summed E-state index contributed by atoms with van der Waals surface area (Å²) in [6, 6.07) is 17.1. The van der Waals surface area contributed by atoms with E-state index in [0.29, 0.717) is 18.5 Å². The quantitative estimate of drug-likeness (QED) is 0.437. The summed E-state index contributed by atoms with van der Waals surface area (Å²) in [5.41, 5.74) is 2.61. The highest BCUT2D eigenvalue weighted by Crippen LogP contribution is 2.21. The number of unbranched alkanes of at least 4 members (excludes halogenated alkanes) is 1. The van der Waals surface area contributed by atoms with Gasteiger partial charge in [0, 0.05) is 23.9 Å². The number of amides is 1. The summed E-state index contributed by atoms with van der Waals surface area (Å²) in [5.74, 6) is -0.450. The van der Waals surface area contributed by atoms with Gasteiger partial charge in [-0.3, -0.25) is 9.59 Å². The Hall–Kier alpha value is -2.50. The van der Waals surface area contributed by atoms with Gasteiger partial charge in [-0.1, -0.05) is 55.8 Å². The molecule has 2 rings (SSSR count). The van der Waals surface area contributed by atoms with Gasteiger partial charge in [0.25, 0.3) is 0 Å². The number of Topliss-reactive ketones (excluding diaryl/α,β-unsaturated/α-hetero) is 1. The molecular weight excluding hydrogens is 376 g/mol. The van der Waals surface area contributed by atoms with Crippen LogP contribution >= 0.6 is 0 Å². The zero-order valence-electron chi connectivity index (χ0n) is 18.1. The van der Waals surface area contributed by atoms with Gasteiger partial charge in [0.2, 0.25) is 5.91 Å². The Morgan fingerprint density at radius 2 is 1.67 bits per heavy atom. The van der Waals surface area contributed by atoms with E-state index in [0.717, 1.165) is 30.5 Å². The summed E-state index contributed by atoms with van der Waals surface area (Å²) >= 11 is 0. The number of ketones is 1. The maximum Gasteiger partial charge on any atom is 0.227 e. The fraction of sp³-hybridized carbons (Fsp3) is 0.440. The number of aliphatic hydroxyl groups excluding tert-OH is 1. The minimum Gasteiger partial charge on any atom is -0.392 e. The van der Waals surface area contributed by atoms with E-state index in [4.69, 9.17) is 5.11 Å². The number of benzene rings is 2. The molecule has 0 saturated carbocycles. The molecule has 1 amide bonds. The van der Waals surface area contributed by atoms with Crippen LogP contribution < -0.4 is 10.6 Å². The zero-order chi connectivity index (χ0) is 21.8. The predicted molar refractivity (Wildman–Crippen MR) is 121 cm³/mol. The van der Waals surface area contributed by atoms with E-state index in [1.54, 1.807) is 24.3 Å². The highest BCUT2D eigenvalue weighted by molar-refractivity contribution is 5.95. The van der Waals surface area contributed by atoms with E-state index in [1.165, 1.54) is 0 Å². The van der Waals surface area contributed by atoms with Crippen LogP contribution in [0, 0.1) is 11.8 Å². The molecule has 2 aromatic carbocycles. The number of hydrogen-bond acceptors (Lipinski definition) is 4. The van der Waals surface area contributed by atoms with Crippen LogP contribution in [0.1, 0.15) is 43.7 Å². The molecule has 3 N–H and O–H groups in total. The maximum atomic E-state index is 12.9. The monoisotopic (exact) mass is 410 g/mol. The molecular formula is C25H34N2O3. The molecule has 0 aromatic heterocycles. The van der Waals surface area contributed by atoms with Gasteiger partial charge in [0.1, 0.15) is 5.78 Å². The SMILES string of the molecule is CNCCCC[C@H](CC(=O)[C@@H](C)Cc1ccccc1)C(=O)Nc1ccc(CO)cc1. The van der Waals surface area contributed by atoms with Gasteiger partial charge in [0.05, 0.1) is 6.61 Å². The van der Waals surface area contributed by atoms with Gasteiger partial charge in [-0.15, -0.1) is 0 Å². The van der Waals surface area contributed by atoms with Crippen molar-refractivity contribution in [1.82, 2.24) is 5.32 Å². The van der Waals surface area contributed by atoms with Crippen LogP contribution in [0.5, 0.6) is 0 Å². The van der Waals surface area contributed by atoms with E-state index < -0.39 is 0 Å². The average molecular weight is 411 g/mol. The van der Waals surface area contributed by atoms with Crippen molar-refractivity contribution in [3.8, 4) is 0 Å². The van der Waals surface area contributed by atoms with Crippen LogP contribution in [0.3, 0.4) is 0 Å². The fourth-order valence-electron chi connectivity index (χ4n) is 3.48. The maximum absolute atomic E-state index is 12.9. The molecule has 162 valence electrons. The molecule has 2 atom stereocenters. The van der Waals surface area contributed by atoms with Crippen LogP contribution in [-0.4, -0.2) is 30.4 Å². The number of carbonyl (C=O) groups excluding carboxylic acids is 2. The Kier molecular flexibility index (Phi) is 10.3. The Balaban J connectivity index is 1.99. The molecule has 30 heavy (non-hydrogen) atoms. The Morgan fingerprint density at radius 1 is 0.967 bits per heavy atom. The van der Waals surface area contributed by atoms with E-state index in [9.17, 15) is 9.59 Å². The van der Waals surface area contributed by atoms with Crippen LogP contribution in [0.25, 0.3) is 0 Å². The topological polar surface area (TPSA) is 78.4 Å². The van der Waals surface area contributed by atoms with Crippen LogP contribution in [0.4, 0.5) is 5.69 Å². The molecule has 0 unspecified atom stereocenters. The lowest BCUT2D eigenvalue weighted by atomic mass is 9.88. The normalized spacial score (nSPS) is 12.9. The lowest BCUT2D eigenvalue weighted by Crippen LogP contribution is -2.28. The van der Waals surface area contributed by atoms with Crippen molar-refractivity contribution >= 4 is 17.4 Å². The van der Waals surface area contributed by atoms with E-state index in [-0.39, 0.29) is 36.6 Å². The van der Waals surface area contributed by atoms with Crippen molar-refractivity contribution in [3.63, 3.8) is 0 Å². The highest BCUT2D eigenvalue weighted by Gasteiger charge is 2.24. The molecule has 5 heteroatoms. The summed E-state index contributed by atoms with van der Waals surface area (Å²) in [6.07, 6.45) is 3.50. The Labute approximate surface area is 179 Å². The molecule has 0 heterocycles. The van der Waals surface area contributed by atoms with Gasteiger partial charge >= 0.3 is 0 Å². The predicted octanol–water partition coefficient (Wildman–Crippen LogP) is 3.96. The first kappa shape index (κ1) is 23.8. The smallest absolute Gasteiger partial charge is 0.227 e. The second kappa shape index (κ2) is 12.9. The highest BCUT2D eigenvalue weighted by atomic mass is 16.3. The van der Waals surface area contributed by atoms with Crippen molar-refractivity contribution in [2.24, 2.45) is 11.8 Å². The molecule has 0 aliphatic heterocycles. The number of rotatable bonds is 13. The first-order chi connectivity index (χ1) is 14.5. The van der Waals surface area contributed by atoms with E-state index >= 15 is 0 Å².